The van der Waals surface area contributed by atoms with E-state index in [2.05, 4.69) is 16.2 Å². The van der Waals surface area contributed by atoms with Crippen molar-refractivity contribution < 1.29 is 23.9 Å². The zero-order valence-electron chi connectivity index (χ0n) is 14.2. The Labute approximate surface area is 158 Å². The predicted molar refractivity (Wildman–Crippen MR) is 97.9 cm³/mol. The van der Waals surface area contributed by atoms with Gasteiger partial charge in [-0.15, -0.1) is 11.8 Å². The van der Waals surface area contributed by atoms with Gasteiger partial charge in [0.05, 0.1) is 10.9 Å². The van der Waals surface area contributed by atoms with Gasteiger partial charge in [-0.25, -0.2) is 0 Å². The summed E-state index contributed by atoms with van der Waals surface area (Å²) in [6.45, 7) is 1.93. The van der Waals surface area contributed by atoms with Crippen LogP contribution < -0.4 is 25.6 Å². The highest BCUT2D eigenvalue weighted by molar-refractivity contribution is 8.00. The summed E-state index contributed by atoms with van der Waals surface area (Å²) in [4.78, 5) is 37.2. The molecule has 0 unspecified atom stereocenters. The minimum atomic E-state index is -0.496. The average Bonchev–Trinajstić information content (AvgIpc) is 3.14. The Morgan fingerprint density at radius 1 is 1.04 bits per heavy atom. The van der Waals surface area contributed by atoms with Gasteiger partial charge in [0.1, 0.15) is 0 Å². The third kappa shape index (κ3) is 3.41. The molecule has 0 saturated heterocycles. The van der Waals surface area contributed by atoms with E-state index < -0.39 is 11.8 Å². The predicted octanol–water partition coefficient (Wildman–Crippen LogP) is 1.92. The molecule has 138 valence electrons. The molecule has 0 aromatic heterocycles. The summed E-state index contributed by atoms with van der Waals surface area (Å²) >= 11 is 1.43. The van der Waals surface area contributed by atoms with Gasteiger partial charge in [0.25, 0.3) is 11.8 Å². The lowest BCUT2D eigenvalue weighted by atomic mass is 10.2. The third-order valence-corrected chi connectivity index (χ3v) is 5.27. The highest BCUT2D eigenvalue weighted by Gasteiger charge is 2.24. The monoisotopic (exact) mass is 385 g/mol. The molecule has 0 aliphatic carbocycles. The average molecular weight is 385 g/mol. The number of hydrazine groups is 1. The zero-order valence-corrected chi connectivity index (χ0v) is 15.0. The molecule has 2 heterocycles. The van der Waals surface area contributed by atoms with E-state index in [-0.39, 0.29) is 18.0 Å². The van der Waals surface area contributed by atoms with E-state index in [4.69, 9.17) is 9.47 Å². The van der Waals surface area contributed by atoms with Crippen molar-refractivity contribution in [3.8, 4) is 11.5 Å². The van der Waals surface area contributed by atoms with Gasteiger partial charge in [-0.2, -0.15) is 0 Å². The number of benzene rings is 2. The van der Waals surface area contributed by atoms with Crippen LogP contribution in [0.4, 0.5) is 5.69 Å². The number of nitrogens with one attached hydrogen (secondary N) is 3. The Morgan fingerprint density at radius 3 is 2.48 bits per heavy atom. The maximum Gasteiger partial charge on any atom is 0.269 e. The lowest BCUT2D eigenvalue weighted by Crippen LogP contribution is -2.41. The van der Waals surface area contributed by atoms with Gasteiger partial charge in [-0.05, 0) is 43.3 Å². The summed E-state index contributed by atoms with van der Waals surface area (Å²) in [5, 5.41) is 2.58. The lowest BCUT2D eigenvalue weighted by molar-refractivity contribution is -0.115. The van der Waals surface area contributed by atoms with Crippen LogP contribution in [0.3, 0.4) is 0 Å². The summed E-state index contributed by atoms with van der Waals surface area (Å²) in [5.41, 5.74) is 5.94. The van der Waals surface area contributed by atoms with Crippen LogP contribution >= 0.6 is 11.8 Å². The number of carbonyl (C=O) groups excluding carboxylic acids is 3. The molecular weight excluding hydrogens is 370 g/mol. The smallest absolute Gasteiger partial charge is 0.269 e. The standard InChI is InChI=1S/C18H15N3O5S/c1-9-16(22)19-12-6-10(3-5-15(12)27-9)17(23)20-21-18(24)11-2-4-13-14(7-11)26-8-25-13/h2-7,9H,8H2,1H3,(H,19,22)(H,20,23)(H,21,24)/t9-/m1/s1. The number of hydrogen-bond acceptors (Lipinski definition) is 6. The van der Waals surface area contributed by atoms with Crippen molar-refractivity contribution in [2.45, 2.75) is 17.1 Å². The highest BCUT2D eigenvalue weighted by Crippen LogP contribution is 2.36. The SMILES string of the molecule is C[C@H]1Sc2ccc(C(=O)NNC(=O)c3ccc4c(c3)OCO4)cc2NC1=O. The van der Waals surface area contributed by atoms with Crippen LogP contribution in [-0.4, -0.2) is 29.8 Å². The number of ether oxygens (including phenoxy) is 2. The Bertz CT molecular complexity index is 962. The summed E-state index contributed by atoms with van der Waals surface area (Å²) in [5.74, 6) is -0.0479. The molecule has 1 atom stereocenters. The zero-order chi connectivity index (χ0) is 19.0. The molecular formula is C18H15N3O5S. The molecule has 0 bridgehead atoms. The molecule has 4 rings (SSSR count). The van der Waals surface area contributed by atoms with Gasteiger partial charge in [0.2, 0.25) is 12.7 Å². The van der Waals surface area contributed by atoms with Crippen molar-refractivity contribution in [2.75, 3.05) is 12.1 Å². The second kappa shape index (κ2) is 6.84. The minimum absolute atomic E-state index is 0.110. The van der Waals surface area contributed by atoms with Crippen LogP contribution in [0.2, 0.25) is 0 Å². The fraction of sp³-hybridized carbons (Fsp3) is 0.167. The topological polar surface area (TPSA) is 106 Å². The van der Waals surface area contributed by atoms with Crippen molar-refractivity contribution in [2.24, 2.45) is 0 Å². The second-order valence-electron chi connectivity index (χ2n) is 5.94. The van der Waals surface area contributed by atoms with E-state index in [0.717, 1.165) is 4.90 Å². The quantitative estimate of drug-likeness (QED) is 0.682. The molecule has 0 fully saturated rings. The molecule has 9 heteroatoms. The van der Waals surface area contributed by atoms with E-state index in [0.29, 0.717) is 28.3 Å². The van der Waals surface area contributed by atoms with Gasteiger partial charge >= 0.3 is 0 Å². The molecule has 27 heavy (non-hydrogen) atoms. The van der Waals surface area contributed by atoms with Crippen LogP contribution in [0.5, 0.6) is 11.5 Å². The lowest BCUT2D eigenvalue weighted by Gasteiger charge is -2.21. The van der Waals surface area contributed by atoms with E-state index in [1.165, 1.54) is 17.8 Å². The van der Waals surface area contributed by atoms with Crippen LogP contribution in [0.1, 0.15) is 27.6 Å². The van der Waals surface area contributed by atoms with Crippen molar-refractivity contribution >= 4 is 35.2 Å². The Hall–Kier alpha value is -3.20. The van der Waals surface area contributed by atoms with Crippen molar-refractivity contribution in [1.29, 1.82) is 0 Å². The van der Waals surface area contributed by atoms with Crippen LogP contribution in [0, 0.1) is 0 Å². The Morgan fingerprint density at radius 2 is 1.70 bits per heavy atom. The number of amides is 3. The molecule has 8 nitrogen and oxygen atoms in total. The maximum atomic E-state index is 12.3. The largest absolute Gasteiger partial charge is 0.454 e. The van der Waals surface area contributed by atoms with Crippen LogP contribution in [-0.2, 0) is 4.79 Å². The molecule has 0 radical (unpaired) electrons. The second-order valence-corrected chi connectivity index (χ2v) is 7.32. The van der Waals surface area contributed by atoms with Gasteiger partial charge < -0.3 is 14.8 Å². The van der Waals surface area contributed by atoms with Gasteiger partial charge in [0.15, 0.2) is 11.5 Å². The van der Waals surface area contributed by atoms with Gasteiger partial charge in [-0.3, -0.25) is 25.2 Å². The number of hydrogen-bond donors (Lipinski definition) is 3. The Kier molecular flexibility index (Phi) is 4.36. The third-order valence-electron chi connectivity index (χ3n) is 4.10. The molecule has 2 aliphatic heterocycles. The summed E-state index contributed by atoms with van der Waals surface area (Å²) in [6.07, 6.45) is 0. The number of anilines is 1. The molecule has 3 N–H and O–H groups in total. The number of carbonyl (C=O) groups is 3. The number of thioether (sulfide) groups is 1. The molecule has 0 spiro atoms. The number of rotatable bonds is 2. The van der Waals surface area contributed by atoms with Gasteiger partial charge in [0, 0.05) is 16.0 Å². The van der Waals surface area contributed by atoms with E-state index in [1.807, 2.05) is 6.92 Å². The molecule has 2 aliphatic rings. The normalized spacial score (nSPS) is 16.9. The fourth-order valence-corrected chi connectivity index (χ4v) is 3.58. The molecule has 2 aromatic carbocycles. The van der Waals surface area contributed by atoms with Gasteiger partial charge in [-0.1, -0.05) is 0 Å². The van der Waals surface area contributed by atoms with E-state index >= 15 is 0 Å². The van der Waals surface area contributed by atoms with Crippen molar-refractivity contribution in [3.63, 3.8) is 0 Å². The molecule has 2 aromatic rings. The fourth-order valence-electron chi connectivity index (χ4n) is 2.65. The van der Waals surface area contributed by atoms with E-state index in [9.17, 15) is 14.4 Å². The summed E-state index contributed by atoms with van der Waals surface area (Å²) in [6, 6.07) is 9.72. The van der Waals surface area contributed by atoms with Crippen LogP contribution in [0.15, 0.2) is 41.3 Å². The first-order chi connectivity index (χ1) is 13.0. The first-order valence-corrected chi connectivity index (χ1v) is 9.01. The summed E-state index contributed by atoms with van der Waals surface area (Å²) in [7, 11) is 0. The first kappa shape index (κ1) is 17.2. The molecule has 3 amide bonds. The van der Waals surface area contributed by atoms with Crippen molar-refractivity contribution in [3.05, 3.63) is 47.5 Å². The number of fused-ring (bicyclic) bond motifs is 2. The van der Waals surface area contributed by atoms with Crippen LogP contribution in [0.25, 0.3) is 0 Å². The highest BCUT2D eigenvalue weighted by atomic mass is 32.2. The minimum Gasteiger partial charge on any atom is -0.454 e. The first-order valence-electron chi connectivity index (χ1n) is 8.13. The van der Waals surface area contributed by atoms with Crippen molar-refractivity contribution in [1.82, 2.24) is 10.9 Å². The summed E-state index contributed by atoms with van der Waals surface area (Å²) < 4.78 is 10.4. The maximum absolute atomic E-state index is 12.3. The Balaban J connectivity index is 1.41. The van der Waals surface area contributed by atoms with E-state index in [1.54, 1.807) is 30.3 Å². The molecule has 0 saturated carbocycles.